The van der Waals surface area contributed by atoms with Crippen LogP contribution in [0.1, 0.15) is 71.1 Å². The Morgan fingerprint density at radius 2 is 1.71 bits per heavy atom. The van der Waals surface area contributed by atoms with Crippen LogP contribution in [-0.2, 0) is 4.79 Å². The molecule has 0 radical (unpaired) electrons. The molecule has 1 heterocycles. The van der Waals surface area contributed by atoms with Gasteiger partial charge in [-0.05, 0) is 18.6 Å². The van der Waals surface area contributed by atoms with Crippen molar-refractivity contribution in [3.63, 3.8) is 0 Å². The summed E-state index contributed by atoms with van der Waals surface area (Å²) in [5.74, 6) is 0.552. The Hall–Kier alpha value is -1.09. The number of hydrogen-bond acceptors (Lipinski definition) is 2. The third-order valence-electron chi connectivity index (χ3n) is 3.50. The normalized spacial score (nSPS) is 10.6. The third kappa shape index (κ3) is 9.46. The van der Waals surface area contributed by atoms with E-state index in [1.807, 2.05) is 0 Å². The molecule has 1 N–H and O–H groups in total. The molecule has 3 nitrogen and oxygen atoms in total. The predicted octanol–water partition coefficient (Wildman–Crippen LogP) is 5.59. The van der Waals surface area contributed by atoms with Crippen molar-refractivity contribution in [3.05, 3.63) is 23.4 Å². The van der Waals surface area contributed by atoms with Crippen LogP contribution in [0.15, 0.2) is 18.3 Å². The average molecular weight is 311 g/mol. The molecule has 1 aromatic heterocycles. The molecule has 1 rings (SSSR count). The lowest BCUT2D eigenvalue weighted by atomic mass is 10.1. The Morgan fingerprint density at radius 3 is 2.33 bits per heavy atom. The Balaban J connectivity index is 1.99. The highest BCUT2D eigenvalue weighted by Gasteiger charge is 2.03. The van der Waals surface area contributed by atoms with Gasteiger partial charge < -0.3 is 5.32 Å². The fourth-order valence-corrected chi connectivity index (χ4v) is 2.43. The summed E-state index contributed by atoms with van der Waals surface area (Å²) in [5.41, 5.74) is 0. The lowest BCUT2D eigenvalue weighted by Gasteiger charge is -2.05. The van der Waals surface area contributed by atoms with E-state index in [0.717, 1.165) is 12.8 Å². The summed E-state index contributed by atoms with van der Waals surface area (Å²) >= 11 is 5.84. The maximum atomic E-state index is 11.7. The monoisotopic (exact) mass is 310 g/mol. The summed E-state index contributed by atoms with van der Waals surface area (Å²) < 4.78 is 0. The van der Waals surface area contributed by atoms with Gasteiger partial charge in [0.25, 0.3) is 0 Å². The zero-order chi connectivity index (χ0) is 15.3. The first-order valence-corrected chi connectivity index (χ1v) is 8.51. The van der Waals surface area contributed by atoms with Gasteiger partial charge in [-0.2, -0.15) is 0 Å². The molecule has 0 aliphatic rings. The van der Waals surface area contributed by atoms with E-state index in [4.69, 9.17) is 11.6 Å². The number of halogens is 1. The number of unbranched alkanes of at least 4 members (excludes halogenated alkanes) is 8. The van der Waals surface area contributed by atoms with Gasteiger partial charge in [0.2, 0.25) is 5.91 Å². The molecule has 0 fully saturated rings. The molecule has 0 unspecified atom stereocenters. The smallest absolute Gasteiger partial charge is 0.225 e. The van der Waals surface area contributed by atoms with Crippen molar-refractivity contribution in [2.75, 3.05) is 5.32 Å². The van der Waals surface area contributed by atoms with Gasteiger partial charge in [-0.25, -0.2) is 4.98 Å². The number of aromatic nitrogens is 1. The maximum Gasteiger partial charge on any atom is 0.225 e. The number of nitrogens with one attached hydrogen (secondary N) is 1. The summed E-state index contributed by atoms with van der Waals surface area (Å²) in [5, 5.41) is 3.36. The highest BCUT2D eigenvalue weighted by molar-refractivity contribution is 6.30. The topological polar surface area (TPSA) is 42.0 Å². The van der Waals surface area contributed by atoms with Crippen LogP contribution >= 0.6 is 11.6 Å². The second kappa shape index (κ2) is 11.6. The second-order valence-electron chi connectivity index (χ2n) is 5.49. The van der Waals surface area contributed by atoms with E-state index in [1.54, 1.807) is 18.3 Å². The fraction of sp³-hybridized carbons (Fsp3) is 0.647. The van der Waals surface area contributed by atoms with Gasteiger partial charge in [0.15, 0.2) is 0 Å². The molecule has 0 aliphatic heterocycles. The van der Waals surface area contributed by atoms with E-state index in [-0.39, 0.29) is 5.91 Å². The number of anilines is 1. The lowest BCUT2D eigenvalue weighted by molar-refractivity contribution is -0.116. The number of carbonyl (C=O) groups is 1. The van der Waals surface area contributed by atoms with E-state index in [1.165, 1.54) is 44.9 Å². The Labute approximate surface area is 133 Å². The van der Waals surface area contributed by atoms with Gasteiger partial charge in [0, 0.05) is 17.6 Å². The van der Waals surface area contributed by atoms with Crippen molar-refractivity contribution < 1.29 is 4.79 Å². The third-order valence-corrected chi connectivity index (χ3v) is 3.73. The molecule has 0 aliphatic carbocycles. The highest BCUT2D eigenvalue weighted by atomic mass is 35.5. The zero-order valence-electron chi connectivity index (χ0n) is 13.0. The summed E-state index contributed by atoms with van der Waals surface area (Å²) in [4.78, 5) is 15.8. The van der Waals surface area contributed by atoms with E-state index in [9.17, 15) is 4.79 Å². The van der Waals surface area contributed by atoms with Crippen LogP contribution in [0.3, 0.4) is 0 Å². The zero-order valence-corrected chi connectivity index (χ0v) is 13.8. The largest absolute Gasteiger partial charge is 0.311 e. The standard InChI is InChI=1S/C17H27ClN2O/c1-2-3-4-5-6-7-8-9-10-11-17(21)20-16-14-15(18)12-13-19-16/h12-14H,2-11H2,1H3,(H,19,20,21). The number of nitrogens with zero attached hydrogens (tertiary/aromatic N) is 1. The van der Waals surface area contributed by atoms with Crippen LogP contribution in [0.2, 0.25) is 5.02 Å². The summed E-state index contributed by atoms with van der Waals surface area (Å²) in [7, 11) is 0. The van der Waals surface area contributed by atoms with Gasteiger partial charge in [-0.1, -0.05) is 69.9 Å². The molecule has 1 amide bonds. The number of amides is 1. The fourth-order valence-electron chi connectivity index (χ4n) is 2.27. The predicted molar refractivity (Wildman–Crippen MR) is 89.7 cm³/mol. The van der Waals surface area contributed by atoms with Crippen LogP contribution in [-0.4, -0.2) is 10.9 Å². The number of rotatable bonds is 11. The van der Waals surface area contributed by atoms with Crippen LogP contribution in [0.25, 0.3) is 0 Å². The second-order valence-corrected chi connectivity index (χ2v) is 5.92. The Bertz CT molecular complexity index is 410. The Kier molecular flexibility index (Phi) is 9.88. The molecule has 4 heteroatoms. The lowest BCUT2D eigenvalue weighted by Crippen LogP contribution is -2.12. The molecule has 0 atom stereocenters. The van der Waals surface area contributed by atoms with E-state index in [2.05, 4.69) is 17.2 Å². The van der Waals surface area contributed by atoms with Crippen LogP contribution in [0.5, 0.6) is 0 Å². The summed E-state index contributed by atoms with van der Waals surface area (Å²) in [6.07, 6.45) is 13.5. The highest BCUT2D eigenvalue weighted by Crippen LogP contribution is 2.13. The van der Waals surface area contributed by atoms with E-state index < -0.39 is 0 Å². The van der Waals surface area contributed by atoms with Gasteiger partial charge in [0.1, 0.15) is 5.82 Å². The molecule has 0 saturated carbocycles. The molecule has 21 heavy (non-hydrogen) atoms. The average Bonchev–Trinajstić information content (AvgIpc) is 2.45. The van der Waals surface area contributed by atoms with Crippen LogP contribution in [0.4, 0.5) is 5.82 Å². The van der Waals surface area contributed by atoms with Gasteiger partial charge in [-0.15, -0.1) is 0 Å². The van der Waals surface area contributed by atoms with Crippen molar-refractivity contribution in [3.8, 4) is 0 Å². The number of hydrogen-bond donors (Lipinski definition) is 1. The molecule has 0 bridgehead atoms. The SMILES string of the molecule is CCCCCCCCCCCC(=O)Nc1cc(Cl)ccn1. The minimum absolute atomic E-state index is 0.0210. The van der Waals surface area contributed by atoms with Gasteiger partial charge in [-0.3, -0.25) is 4.79 Å². The first-order chi connectivity index (χ1) is 10.2. The van der Waals surface area contributed by atoms with E-state index >= 15 is 0 Å². The molecule has 118 valence electrons. The van der Waals surface area contributed by atoms with Crippen molar-refractivity contribution in [1.82, 2.24) is 4.98 Å². The first kappa shape index (κ1) is 18.0. The maximum absolute atomic E-state index is 11.7. The van der Waals surface area contributed by atoms with Crippen molar-refractivity contribution in [1.29, 1.82) is 0 Å². The molecule has 0 saturated heterocycles. The van der Waals surface area contributed by atoms with Crippen LogP contribution < -0.4 is 5.32 Å². The molecule has 1 aromatic rings. The van der Waals surface area contributed by atoms with E-state index in [0.29, 0.717) is 17.3 Å². The molecular weight excluding hydrogens is 284 g/mol. The molecular formula is C17H27ClN2O. The van der Waals surface area contributed by atoms with Crippen molar-refractivity contribution in [2.45, 2.75) is 71.1 Å². The van der Waals surface area contributed by atoms with Gasteiger partial charge in [0.05, 0.1) is 0 Å². The minimum atomic E-state index is 0.0210. The molecule has 0 aromatic carbocycles. The van der Waals surface area contributed by atoms with Gasteiger partial charge >= 0.3 is 0 Å². The number of carbonyl (C=O) groups excluding carboxylic acids is 1. The quantitative estimate of drug-likeness (QED) is 0.541. The molecule has 0 spiro atoms. The number of pyridine rings is 1. The first-order valence-electron chi connectivity index (χ1n) is 8.13. The summed E-state index contributed by atoms with van der Waals surface area (Å²) in [6.45, 7) is 2.24. The van der Waals surface area contributed by atoms with Crippen molar-refractivity contribution in [2.24, 2.45) is 0 Å². The minimum Gasteiger partial charge on any atom is -0.311 e. The Morgan fingerprint density at radius 1 is 1.10 bits per heavy atom. The van der Waals surface area contributed by atoms with Crippen LogP contribution in [0, 0.1) is 0 Å². The summed E-state index contributed by atoms with van der Waals surface area (Å²) in [6, 6.07) is 3.35. The van der Waals surface area contributed by atoms with Crippen molar-refractivity contribution >= 4 is 23.3 Å².